The zero-order valence-electron chi connectivity index (χ0n) is 23.3. The minimum Gasteiger partial charge on any atom is -0.458 e. The van der Waals surface area contributed by atoms with E-state index in [2.05, 4.69) is 37.3 Å². The highest BCUT2D eigenvalue weighted by molar-refractivity contribution is 5.89. The molecule has 2 bridgehead atoms. The van der Waals surface area contributed by atoms with Crippen molar-refractivity contribution < 1.29 is 19.4 Å². The number of aliphatic hydroxyl groups is 1. The molecule has 3 fully saturated rings. The van der Waals surface area contributed by atoms with Crippen LogP contribution in [0.2, 0.25) is 0 Å². The van der Waals surface area contributed by atoms with Gasteiger partial charge in [0.05, 0.1) is 19.0 Å². The molecule has 2 heterocycles. The molecule has 5 rings (SSSR count). The molecule has 3 aliphatic rings. The van der Waals surface area contributed by atoms with Gasteiger partial charge in [-0.3, -0.25) is 19.1 Å². The number of carbonyl (C=O) groups is 2. The number of esters is 1. The molecule has 0 radical (unpaired) electrons. The third-order valence-corrected chi connectivity index (χ3v) is 10.7. The molecule has 2 aromatic rings. The summed E-state index contributed by atoms with van der Waals surface area (Å²) in [7, 11) is 0. The fraction of sp³-hybridized carbons (Fsp3) is 0.581. The van der Waals surface area contributed by atoms with Crippen LogP contribution in [0.15, 0.2) is 54.5 Å². The van der Waals surface area contributed by atoms with Gasteiger partial charge in [-0.2, -0.15) is 0 Å². The Morgan fingerprint density at radius 3 is 2.69 bits per heavy atom. The second-order valence-electron chi connectivity index (χ2n) is 12.6. The predicted octanol–water partition coefficient (Wildman–Crippen LogP) is 4.21. The highest BCUT2D eigenvalue weighted by Crippen LogP contribution is 2.68. The largest absolute Gasteiger partial charge is 0.458 e. The van der Waals surface area contributed by atoms with E-state index in [0.717, 1.165) is 24.8 Å². The van der Waals surface area contributed by atoms with E-state index in [0.29, 0.717) is 12.8 Å². The Kier molecular flexibility index (Phi) is 6.90. The van der Waals surface area contributed by atoms with Gasteiger partial charge in [0, 0.05) is 41.8 Å². The van der Waals surface area contributed by atoms with Crippen LogP contribution < -0.4 is 5.56 Å². The molecule has 208 valence electrons. The Labute approximate surface area is 229 Å². The Morgan fingerprint density at radius 1 is 1.23 bits per heavy atom. The maximum absolute atomic E-state index is 13.7. The SMILES string of the molecule is C=C[C@]1(C)C[C@@H](OC(=O)c2cncn(Cc3cccnc3)c2=O)[C@@]2(C)C3C(=O)CCC3(CC[C@H]2C)[C@@H](C)[C@@H]1O. The van der Waals surface area contributed by atoms with E-state index in [1.807, 2.05) is 13.0 Å². The molecule has 0 spiro atoms. The Balaban J connectivity index is 1.55. The van der Waals surface area contributed by atoms with Crippen molar-refractivity contribution >= 4 is 11.8 Å². The standard InChI is InChI=1S/C31H39N3O5/c1-6-29(4)14-24(30(5)19(2)9-11-31(20(3)26(29)36)12-10-23(35)25(30)31)39-28(38)22-16-33-18-34(27(22)37)17-21-8-7-13-32-15-21/h6-8,13,15-16,18-20,24-26,36H,1,9-12,14,17H2,2-5H3/t19-,20+,24-,25?,26+,29-,30+,31?/m1/s1. The number of hydrogen-bond donors (Lipinski definition) is 1. The Bertz CT molecular complexity index is 1340. The lowest BCUT2D eigenvalue weighted by Gasteiger charge is -2.61. The van der Waals surface area contributed by atoms with Crippen LogP contribution in [0.25, 0.3) is 0 Å². The van der Waals surface area contributed by atoms with Gasteiger partial charge < -0.3 is 9.84 Å². The van der Waals surface area contributed by atoms with Crippen LogP contribution in [0.1, 0.15) is 75.7 Å². The molecule has 0 saturated heterocycles. The molecular formula is C31H39N3O5. The highest BCUT2D eigenvalue weighted by Gasteiger charge is 2.68. The number of nitrogens with zero attached hydrogens (tertiary/aromatic N) is 3. The predicted molar refractivity (Wildman–Crippen MR) is 146 cm³/mol. The van der Waals surface area contributed by atoms with E-state index >= 15 is 0 Å². The van der Waals surface area contributed by atoms with Crippen LogP contribution in [0.5, 0.6) is 0 Å². The van der Waals surface area contributed by atoms with E-state index in [4.69, 9.17) is 4.74 Å². The van der Waals surface area contributed by atoms with Crippen LogP contribution in [-0.2, 0) is 16.1 Å². The average molecular weight is 534 g/mol. The maximum Gasteiger partial charge on any atom is 0.345 e. The van der Waals surface area contributed by atoms with Crippen molar-refractivity contribution in [1.82, 2.24) is 14.5 Å². The minimum absolute atomic E-state index is 0.100. The van der Waals surface area contributed by atoms with E-state index in [1.54, 1.807) is 24.5 Å². The number of rotatable bonds is 5. The van der Waals surface area contributed by atoms with Gasteiger partial charge in [-0.1, -0.05) is 39.8 Å². The zero-order valence-corrected chi connectivity index (χ0v) is 23.3. The summed E-state index contributed by atoms with van der Waals surface area (Å²) >= 11 is 0. The van der Waals surface area contributed by atoms with E-state index in [9.17, 15) is 19.5 Å². The second kappa shape index (κ2) is 9.81. The van der Waals surface area contributed by atoms with Gasteiger partial charge in [0.2, 0.25) is 0 Å². The van der Waals surface area contributed by atoms with Gasteiger partial charge in [0.1, 0.15) is 17.5 Å². The van der Waals surface area contributed by atoms with Crippen LogP contribution in [0.3, 0.4) is 0 Å². The first-order valence-corrected chi connectivity index (χ1v) is 14.0. The normalized spacial score (nSPS) is 37.9. The number of ketones is 1. The molecule has 8 atom stereocenters. The number of aromatic nitrogens is 3. The second-order valence-corrected chi connectivity index (χ2v) is 12.6. The molecule has 0 aliphatic heterocycles. The molecule has 2 aromatic heterocycles. The van der Waals surface area contributed by atoms with Crippen LogP contribution >= 0.6 is 0 Å². The van der Waals surface area contributed by atoms with Gasteiger partial charge in [0.25, 0.3) is 5.56 Å². The van der Waals surface area contributed by atoms with E-state index in [-0.39, 0.29) is 41.1 Å². The molecule has 0 aromatic carbocycles. The van der Waals surface area contributed by atoms with Crippen molar-refractivity contribution in [3.63, 3.8) is 0 Å². The first-order chi connectivity index (χ1) is 18.5. The summed E-state index contributed by atoms with van der Waals surface area (Å²) in [5.41, 5.74) is -1.63. The third kappa shape index (κ3) is 4.19. The van der Waals surface area contributed by atoms with Gasteiger partial charge in [-0.15, -0.1) is 6.58 Å². The van der Waals surface area contributed by atoms with Crippen molar-refractivity contribution in [3.8, 4) is 0 Å². The van der Waals surface area contributed by atoms with E-state index < -0.39 is 34.6 Å². The summed E-state index contributed by atoms with van der Waals surface area (Å²) in [6.45, 7) is 12.5. The molecule has 8 heteroatoms. The van der Waals surface area contributed by atoms with Crippen molar-refractivity contribution in [2.75, 3.05) is 0 Å². The summed E-state index contributed by atoms with van der Waals surface area (Å²) < 4.78 is 7.64. The number of Topliss-reactive ketones (excluding diaryl/α,β-unsaturated/α-hetero) is 1. The van der Waals surface area contributed by atoms with Gasteiger partial charge in [0.15, 0.2) is 0 Å². The van der Waals surface area contributed by atoms with E-state index in [1.165, 1.54) is 17.1 Å². The molecule has 39 heavy (non-hydrogen) atoms. The van der Waals surface area contributed by atoms with Crippen molar-refractivity contribution in [2.24, 2.45) is 34.0 Å². The molecule has 3 aliphatic carbocycles. The van der Waals surface area contributed by atoms with Crippen molar-refractivity contribution in [1.29, 1.82) is 0 Å². The van der Waals surface area contributed by atoms with Gasteiger partial charge >= 0.3 is 5.97 Å². The first kappa shape index (κ1) is 27.4. The summed E-state index contributed by atoms with van der Waals surface area (Å²) in [5.74, 6) is -0.919. The molecule has 3 saturated carbocycles. The minimum atomic E-state index is -0.761. The number of carbonyl (C=O) groups excluding carboxylic acids is 2. The van der Waals surface area contributed by atoms with Gasteiger partial charge in [-0.25, -0.2) is 9.78 Å². The quantitative estimate of drug-likeness (QED) is 0.453. The van der Waals surface area contributed by atoms with Crippen molar-refractivity contribution in [2.45, 2.75) is 78.6 Å². The lowest BCUT2D eigenvalue weighted by Crippen LogP contribution is -2.63. The molecule has 8 nitrogen and oxygen atoms in total. The monoisotopic (exact) mass is 533 g/mol. The number of pyridine rings is 1. The molecular weight excluding hydrogens is 494 g/mol. The topological polar surface area (TPSA) is 111 Å². The molecule has 0 amide bonds. The zero-order chi connectivity index (χ0) is 28.2. The Hall–Kier alpha value is -3.13. The smallest absolute Gasteiger partial charge is 0.345 e. The Morgan fingerprint density at radius 2 is 2.00 bits per heavy atom. The average Bonchev–Trinajstić information content (AvgIpc) is 3.28. The maximum atomic E-state index is 13.7. The van der Waals surface area contributed by atoms with Crippen LogP contribution in [-0.4, -0.2) is 43.6 Å². The van der Waals surface area contributed by atoms with Gasteiger partial charge in [-0.05, 0) is 54.6 Å². The number of ether oxygens (including phenoxy) is 1. The lowest BCUT2D eigenvalue weighted by molar-refractivity contribution is -0.192. The number of aliphatic hydroxyl groups excluding tert-OH is 1. The fourth-order valence-corrected chi connectivity index (χ4v) is 8.09. The summed E-state index contributed by atoms with van der Waals surface area (Å²) in [6, 6.07) is 3.63. The molecule has 1 N–H and O–H groups in total. The molecule has 2 unspecified atom stereocenters. The fourth-order valence-electron chi connectivity index (χ4n) is 8.09. The summed E-state index contributed by atoms with van der Waals surface area (Å²) in [6.07, 6.45) is 9.48. The first-order valence-electron chi connectivity index (χ1n) is 14.0. The summed E-state index contributed by atoms with van der Waals surface area (Å²) in [5, 5.41) is 11.7. The third-order valence-electron chi connectivity index (χ3n) is 10.7. The van der Waals surface area contributed by atoms with Crippen LogP contribution in [0, 0.1) is 34.0 Å². The highest BCUT2D eigenvalue weighted by atomic mass is 16.5. The van der Waals surface area contributed by atoms with Crippen molar-refractivity contribution in [3.05, 3.63) is 71.2 Å². The van der Waals surface area contributed by atoms with Crippen LogP contribution in [0.4, 0.5) is 0 Å². The number of hydrogen-bond acceptors (Lipinski definition) is 7. The lowest BCUT2D eigenvalue weighted by atomic mass is 9.44. The summed E-state index contributed by atoms with van der Waals surface area (Å²) in [4.78, 5) is 48.9.